The largest absolute Gasteiger partial charge is 0.299 e. The van der Waals surface area contributed by atoms with Crippen LogP contribution in [0.25, 0.3) is 11.1 Å². The molecule has 0 unspecified atom stereocenters. The minimum Gasteiger partial charge on any atom is -0.299 e. The number of unbranched alkanes of at least 4 members (excludes halogenated alkanes) is 2. The summed E-state index contributed by atoms with van der Waals surface area (Å²) in [7, 11) is 0. The minimum absolute atomic E-state index is 0.248. The molecule has 0 atom stereocenters. The van der Waals surface area contributed by atoms with Crippen LogP contribution in [0.15, 0.2) is 48.5 Å². The topological polar surface area (TPSA) is 34.1 Å². The van der Waals surface area contributed by atoms with Crippen LogP contribution in [0.5, 0.6) is 0 Å². The molecule has 0 heterocycles. The molecule has 0 bridgehead atoms. The van der Waals surface area contributed by atoms with Gasteiger partial charge in [0, 0.05) is 24.3 Å². The lowest BCUT2D eigenvalue weighted by Crippen LogP contribution is -2.20. The summed E-state index contributed by atoms with van der Waals surface area (Å²) < 4.78 is 0. The second-order valence-electron chi connectivity index (χ2n) is 8.45. The third-order valence-electron chi connectivity index (χ3n) is 6.46. The van der Waals surface area contributed by atoms with Crippen molar-refractivity contribution in [1.29, 1.82) is 0 Å². The van der Waals surface area contributed by atoms with Crippen molar-refractivity contribution in [2.45, 2.75) is 77.6 Å². The molecule has 0 N–H and O–H groups in total. The third kappa shape index (κ3) is 5.65. The number of hydrogen-bond donors (Lipinski definition) is 0. The van der Waals surface area contributed by atoms with Gasteiger partial charge in [-0.3, -0.25) is 9.59 Å². The van der Waals surface area contributed by atoms with Crippen molar-refractivity contribution >= 4 is 11.6 Å². The summed E-state index contributed by atoms with van der Waals surface area (Å²) >= 11 is 0. The van der Waals surface area contributed by atoms with Gasteiger partial charge < -0.3 is 0 Å². The van der Waals surface area contributed by atoms with Crippen LogP contribution in [0.4, 0.5) is 0 Å². The van der Waals surface area contributed by atoms with Crippen LogP contribution in [0.2, 0.25) is 0 Å². The average molecular weight is 391 g/mol. The van der Waals surface area contributed by atoms with Gasteiger partial charge in [0.2, 0.25) is 0 Å². The molecule has 2 aromatic rings. The van der Waals surface area contributed by atoms with Gasteiger partial charge in [0.15, 0.2) is 5.78 Å². The first-order valence-electron chi connectivity index (χ1n) is 11.4. The van der Waals surface area contributed by atoms with E-state index in [2.05, 4.69) is 43.3 Å². The molecule has 3 rings (SSSR count). The van der Waals surface area contributed by atoms with E-state index in [1.165, 1.54) is 11.1 Å². The quantitative estimate of drug-likeness (QED) is 0.331. The Labute approximate surface area is 175 Å². The molecule has 0 aliphatic heterocycles. The van der Waals surface area contributed by atoms with Gasteiger partial charge in [-0.05, 0) is 54.7 Å². The number of carbonyl (C=O) groups is 2. The summed E-state index contributed by atoms with van der Waals surface area (Å²) in [4.78, 5) is 24.2. The van der Waals surface area contributed by atoms with Gasteiger partial charge in [0.1, 0.15) is 5.78 Å². The molecule has 2 nitrogen and oxygen atoms in total. The Kier molecular flexibility index (Phi) is 7.80. The molecular formula is C27H34O2. The first kappa shape index (κ1) is 21.5. The molecule has 1 aliphatic carbocycles. The number of Topliss-reactive ketones (excluding diaryl/α,β-unsaturated/α-hetero) is 2. The molecule has 1 saturated carbocycles. The van der Waals surface area contributed by atoms with E-state index in [0.717, 1.165) is 56.1 Å². The lowest BCUT2D eigenvalue weighted by molar-refractivity contribution is -0.123. The van der Waals surface area contributed by atoms with E-state index in [4.69, 9.17) is 0 Å². The molecule has 29 heavy (non-hydrogen) atoms. The highest BCUT2D eigenvalue weighted by atomic mass is 16.1. The molecule has 2 aromatic carbocycles. The number of benzene rings is 2. The second kappa shape index (κ2) is 10.5. The van der Waals surface area contributed by atoms with E-state index in [1.54, 1.807) is 0 Å². The number of carbonyl (C=O) groups excluding carboxylic acids is 2. The molecule has 0 aromatic heterocycles. The second-order valence-corrected chi connectivity index (χ2v) is 8.45. The highest BCUT2D eigenvalue weighted by molar-refractivity contribution is 5.96. The predicted octanol–water partition coefficient (Wildman–Crippen LogP) is 7.37. The smallest absolute Gasteiger partial charge is 0.162 e. The maximum absolute atomic E-state index is 12.3. The Balaban J connectivity index is 1.59. The van der Waals surface area contributed by atoms with Gasteiger partial charge in [-0.1, -0.05) is 75.2 Å². The van der Waals surface area contributed by atoms with Gasteiger partial charge in [0.25, 0.3) is 0 Å². The maximum atomic E-state index is 12.3. The molecular weight excluding hydrogens is 356 g/mol. The standard InChI is InChI=1S/C27H34O2/c1-3-5-6-7-27(29)25-18-14-23(15-19-25)21-10-8-20(9-11-21)22-12-16-24(17-13-22)26(28)4-2/h8-11,14-15,18-19,22,24H,3-7,12-13,16-17H2,1-2H3. The van der Waals surface area contributed by atoms with Crippen molar-refractivity contribution in [3.8, 4) is 11.1 Å². The van der Waals surface area contributed by atoms with Crippen LogP contribution in [-0.4, -0.2) is 11.6 Å². The van der Waals surface area contributed by atoms with Crippen LogP contribution in [-0.2, 0) is 4.79 Å². The molecule has 0 saturated heterocycles. The van der Waals surface area contributed by atoms with Crippen LogP contribution in [0.3, 0.4) is 0 Å². The molecule has 154 valence electrons. The van der Waals surface area contributed by atoms with Crippen LogP contribution in [0, 0.1) is 5.92 Å². The summed E-state index contributed by atoms with van der Waals surface area (Å²) in [5, 5.41) is 0. The first-order chi connectivity index (χ1) is 14.1. The lowest BCUT2D eigenvalue weighted by atomic mass is 9.76. The Hall–Kier alpha value is -2.22. The normalized spacial score (nSPS) is 19.1. The molecule has 2 heteroatoms. The predicted molar refractivity (Wildman–Crippen MR) is 120 cm³/mol. The zero-order valence-corrected chi connectivity index (χ0v) is 18.0. The van der Waals surface area contributed by atoms with Crippen LogP contribution >= 0.6 is 0 Å². The summed E-state index contributed by atoms with van der Waals surface area (Å²) in [5.41, 5.74) is 4.55. The Morgan fingerprint density at radius 1 is 0.793 bits per heavy atom. The maximum Gasteiger partial charge on any atom is 0.162 e. The monoisotopic (exact) mass is 390 g/mol. The molecule has 1 fully saturated rings. The highest BCUT2D eigenvalue weighted by Gasteiger charge is 2.25. The van der Waals surface area contributed by atoms with Crippen LogP contribution < -0.4 is 0 Å². The Morgan fingerprint density at radius 2 is 1.38 bits per heavy atom. The minimum atomic E-state index is 0.248. The Morgan fingerprint density at radius 3 is 1.93 bits per heavy atom. The van der Waals surface area contributed by atoms with Crippen molar-refractivity contribution in [3.63, 3.8) is 0 Å². The van der Waals surface area contributed by atoms with E-state index >= 15 is 0 Å². The van der Waals surface area contributed by atoms with E-state index in [1.807, 2.05) is 19.1 Å². The zero-order chi connectivity index (χ0) is 20.6. The van der Waals surface area contributed by atoms with E-state index in [9.17, 15) is 9.59 Å². The first-order valence-corrected chi connectivity index (χ1v) is 11.4. The zero-order valence-electron chi connectivity index (χ0n) is 18.0. The number of hydrogen-bond acceptors (Lipinski definition) is 2. The highest BCUT2D eigenvalue weighted by Crippen LogP contribution is 2.37. The fourth-order valence-electron chi connectivity index (χ4n) is 4.51. The van der Waals surface area contributed by atoms with Crippen molar-refractivity contribution in [2.75, 3.05) is 0 Å². The molecule has 0 radical (unpaired) electrons. The number of rotatable bonds is 9. The van der Waals surface area contributed by atoms with Gasteiger partial charge in [0.05, 0.1) is 0 Å². The molecule has 1 aliphatic rings. The van der Waals surface area contributed by atoms with Crippen molar-refractivity contribution in [2.24, 2.45) is 5.92 Å². The fraction of sp³-hybridized carbons (Fsp3) is 0.481. The molecule has 0 amide bonds. The SMILES string of the molecule is CCCCCC(=O)c1ccc(-c2ccc(C3CCC(C(=O)CC)CC3)cc2)cc1. The van der Waals surface area contributed by atoms with Crippen molar-refractivity contribution < 1.29 is 9.59 Å². The van der Waals surface area contributed by atoms with Gasteiger partial charge >= 0.3 is 0 Å². The van der Waals surface area contributed by atoms with Gasteiger partial charge in [-0.2, -0.15) is 0 Å². The van der Waals surface area contributed by atoms with Crippen molar-refractivity contribution in [1.82, 2.24) is 0 Å². The van der Waals surface area contributed by atoms with E-state index in [-0.39, 0.29) is 5.78 Å². The summed E-state index contributed by atoms with van der Waals surface area (Å²) in [6.07, 6.45) is 8.86. The van der Waals surface area contributed by atoms with Crippen molar-refractivity contribution in [3.05, 3.63) is 59.7 Å². The molecule has 0 spiro atoms. The number of ketones is 2. The van der Waals surface area contributed by atoms with E-state index in [0.29, 0.717) is 30.5 Å². The summed E-state index contributed by atoms with van der Waals surface area (Å²) in [6, 6.07) is 16.9. The Bertz CT molecular complexity index is 793. The van der Waals surface area contributed by atoms with Gasteiger partial charge in [-0.25, -0.2) is 0 Å². The average Bonchev–Trinajstić information content (AvgIpc) is 2.79. The summed E-state index contributed by atoms with van der Waals surface area (Å²) in [6.45, 7) is 4.13. The fourth-order valence-corrected chi connectivity index (χ4v) is 4.51. The summed E-state index contributed by atoms with van der Waals surface area (Å²) in [5.74, 6) is 1.55. The van der Waals surface area contributed by atoms with Gasteiger partial charge in [-0.15, -0.1) is 0 Å². The third-order valence-corrected chi connectivity index (χ3v) is 6.46. The lowest BCUT2D eigenvalue weighted by Gasteiger charge is -2.28. The van der Waals surface area contributed by atoms with Crippen LogP contribution in [0.1, 0.15) is 93.5 Å². The van der Waals surface area contributed by atoms with E-state index < -0.39 is 0 Å².